The Kier molecular flexibility index (Phi) is 5.63. The van der Waals surface area contributed by atoms with Crippen molar-refractivity contribution in [2.45, 2.75) is 0 Å². The Labute approximate surface area is 140 Å². The highest BCUT2D eigenvalue weighted by Gasteiger charge is 2.20. The van der Waals surface area contributed by atoms with Gasteiger partial charge in [-0.2, -0.15) is 27.6 Å². The van der Waals surface area contributed by atoms with Gasteiger partial charge in [0.15, 0.2) is 0 Å². The summed E-state index contributed by atoms with van der Waals surface area (Å²) in [5.41, 5.74) is 1.08. The minimum atomic E-state index is -1.80. The predicted octanol–water partition coefficient (Wildman–Crippen LogP) is 3.11. The molecule has 2 rings (SSSR count). The molecule has 0 amide bonds. The van der Waals surface area contributed by atoms with Crippen molar-refractivity contribution in [3.8, 4) is 17.2 Å². The third kappa shape index (κ3) is 3.73. The Balaban J connectivity index is 2.38. The molecule has 1 aromatic carbocycles. The number of ether oxygens (including phenoxy) is 3. The summed E-state index contributed by atoms with van der Waals surface area (Å²) in [7, 11) is 4.21. The number of hydrogen-bond donors (Lipinski definition) is 1. The minimum absolute atomic E-state index is 0.287. The number of methoxy groups -OCH3 is 3. The number of nitrogens with one attached hydrogen (secondary N) is 1. The van der Waals surface area contributed by atoms with Crippen molar-refractivity contribution in [1.82, 2.24) is 4.98 Å². The molecule has 0 saturated heterocycles. The lowest BCUT2D eigenvalue weighted by molar-refractivity contribution is 0.374. The fourth-order valence-electron chi connectivity index (χ4n) is 1.91. The van der Waals surface area contributed by atoms with Gasteiger partial charge in [-0.25, -0.2) is 0 Å². The standard InChI is InChI=1S/C15H13F4N3O3/c1-23-7-4-9(24-2)8(10(5-7)25-3)6-20-22-13-11(16)14(18)21-15(19)12(13)17/h4-6H,1-3H3,(H,21,22)/b20-6-. The zero-order valence-electron chi connectivity index (χ0n) is 13.4. The van der Waals surface area contributed by atoms with Gasteiger partial charge >= 0.3 is 0 Å². The first kappa shape index (κ1) is 18.3. The van der Waals surface area contributed by atoms with Crippen LogP contribution in [0.3, 0.4) is 0 Å². The molecule has 1 N–H and O–H groups in total. The monoisotopic (exact) mass is 359 g/mol. The Hall–Kier alpha value is -3.04. The number of hydrogen-bond acceptors (Lipinski definition) is 6. The normalized spacial score (nSPS) is 10.8. The summed E-state index contributed by atoms with van der Waals surface area (Å²) in [4.78, 5) is 2.44. The van der Waals surface area contributed by atoms with Crippen LogP contribution in [0.25, 0.3) is 0 Å². The summed E-state index contributed by atoms with van der Waals surface area (Å²) in [6, 6.07) is 3.05. The number of anilines is 1. The summed E-state index contributed by atoms with van der Waals surface area (Å²) in [5, 5.41) is 3.57. The third-order valence-corrected chi connectivity index (χ3v) is 3.12. The molecule has 0 radical (unpaired) electrons. The molecule has 6 nitrogen and oxygen atoms in total. The van der Waals surface area contributed by atoms with Gasteiger partial charge in [0.25, 0.3) is 11.9 Å². The van der Waals surface area contributed by atoms with Crippen LogP contribution in [-0.2, 0) is 0 Å². The second kappa shape index (κ2) is 7.69. The first-order valence-corrected chi connectivity index (χ1v) is 6.72. The van der Waals surface area contributed by atoms with Gasteiger partial charge in [0.1, 0.15) is 22.9 Å². The maximum absolute atomic E-state index is 13.5. The van der Waals surface area contributed by atoms with Gasteiger partial charge in [-0.3, -0.25) is 5.43 Å². The molecule has 0 bridgehead atoms. The molecule has 25 heavy (non-hydrogen) atoms. The molecule has 0 unspecified atom stereocenters. The number of pyridine rings is 1. The van der Waals surface area contributed by atoms with Crippen LogP contribution in [0.1, 0.15) is 5.56 Å². The summed E-state index contributed by atoms with van der Waals surface area (Å²) >= 11 is 0. The van der Waals surface area contributed by atoms with Crippen LogP contribution < -0.4 is 19.6 Å². The molecule has 0 aliphatic heterocycles. The molecule has 1 heterocycles. The molecular formula is C15H13F4N3O3. The van der Waals surface area contributed by atoms with Crippen LogP contribution in [0, 0.1) is 23.5 Å². The largest absolute Gasteiger partial charge is 0.496 e. The number of halogens is 4. The van der Waals surface area contributed by atoms with Gasteiger partial charge in [-0.1, -0.05) is 0 Å². The lowest BCUT2D eigenvalue weighted by Gasteiger charge is -2.12. The molecule has 0 atom stereocenters. The van der Waals surface area contributed by atoms with Crippen molar-refractivity contribution in [1.29, 1.82) is 0 Å². The minimum Gasteiger partial charge on any atom is -0.496 e. The maximum Gasteiger partial charge on any atom is 0.254 e. The summed E-state index contributed by atoms with van der Waals surface area (Å²) in [5.74, 6) is -5.99. The first-order valence-electron chi connectivity index (χ1n) is 6.72. The molecule has 0 fully saturated rings. The number of hydrazone groups is 1. The Bertz CT molecular complexity index is 764. The lowest BCUT2D eigenvalue weighted by atomic mass is 10.2. The predicted molar refractivity (Wildman–Crippen MR) is 81.4 cm³/mol. The van der Waals surface area contributed by atoms with E-state index in [0.29, 0.717) is 11.3 Å². The fourth-order valence-corrected chi connectivity index (χ4v) is 1.91. The lowest BCUT2D eigenvalue weighted by Crippen LogP contribution is -2.06. The molecule has 0 spiro atoms. The van der Waals surface area contributed by atoms with Crippen LogP contribution in [0.4, 0.5) is 23.2 Å². The van der Waals surface area contributed by atoms with E-state index in [0.717, 1.165) is 6.21 Å². The highest BCUT2D eigenvalue weighted by Crippen LogP contribution is 2.32. The molecule has 2 aromatic rings. The summed E-state index contributed by atoms with van der Waals surface area (Å²) < 4.78 is 68.5. The van der Waals surface area contributed by atoms with E-state index in [1.54, 1.807) is 0 Å². The maximum atomic E-state index is 13.5. The molecule has 134 valence electrons. The quantitative estimate of drug-likeness (QED) is 0.372. The fraction of sp³-hybridized carbons (Fsp3) is 0.200. The number of benzene rings is 1. The number of nitrogens with zero attached hydrogens (tertiary/aromatic N) is 2. The Morgan fingerprint density at radius 3 is 1.88 bits per heavy atom. The van der Waals surface area contributed by atoms with Crippen LogP contribution in [-0.4, -0.2) is 32.5 Å². The van der Waals surface area contributed by atoms with E-state index >= 15 is 0 Å². The Morgan fingerprint density at radius 2 is 1.44 bits per heavy atom. The SMILES string of the molecule is COc1cc(OC)c(/C=N\Nc2c(F)c(F)nc(F)c2F)c(OC)c1. The number of aromatic nitrogens is 1. The van der Waals surface area contributed by atoms with Gasteiger partial charge in [0.2, 0.25) is 11.6 Å². The molecular weight excluding hydrogens is 346 g/mol. The van der Waals surface area contributed by atoms with E-state index in [-0.39, 0.29) is 11.5 Å². The summed E-state index contributed by atoms with van der Waals surface area (Å²) in [6.45, 7) is 0. The van der Waals surface area contributed by atoms with Gasteiger partial charge in [0, 0.05) is 12.1 Å². The van der Waals surface area contributed by atoms with Crippen molar-refractivity contribution in [2.75, 3.05) is 26.8 Å². The van der Waals surface area contributed by atoms with E-state index in [1.165, 1.54) is 33.5 Å². The van der Waals surface area contributed by atoms with E-state index in [2.05, 4.69) is 10.1 Å². The topological polar surface area (TPSA) is 65.0 Å². The van der Waals surface area contributed by atoms with E-state index in [9.17, 15) is 17.6 Å². The van der Waals surface area contributed by atoms with Gasteiger partial charge in [-0.05, 0) is 0 Å². The van der Waals surface area contributed by atoms with Gasteiger partial charge in [0.05, 0.1) is 33.1 Å². The van der Waals surface area contributed by atoms with E-state index in [4.69, 9.17) is 14.2 Å². The van der Waals surface area contributed by atoms with Crippen LogP contribution in [0.5, 0.6) is 17.2 Å². The zero-order valence-corrected chi connectivity index (χ0v) is 13.4. The summed E-state index contributed by atoms with van der Waals surface area (Å²) in [6.07, 6.45) is 1.10. The molecule has 0 saturated carbocycles. The van der Waals surface area contributed by atoms with Crippen molar-refractivity contribution in [3.63, 3.8) is 0 Å². The molecule has 1 aromatic heterocycles. The second-order valence-corrected chi connectivity index (χ2v) is 4.51. The molecule has 0 aliphatic carbocycles. The van der Waals surface area contributed by atoms with Crippen LogP contribution in [0.15, 0.2) is 17.2 Å². The van der Waals surface area contributed by atoms with Crippen molar-refractivity contribution in [2.24, 2.45) is 5.10 Å². The van der Waals surface area contributed by atoms with Crippen LogP contribution >= 0.6 is 0 Å². The highest BCUT2D eigenvalue weighted by atomic mass is 19.2. The second-order valence-electron chi connectivity index (χ2n) is 4.51. The smallest absolute Gasteiger partial charge is 0.254 e. The van der Waals surface area contributed by atoms with Gasteiger partial charge < -0.3 is 14.2 Å². The average Bonchev–Trinajstić information content (AvgIpc) is 2.62. The Morgan fingerprint density at radius 1 is 0.920 bits per heavy atom. The zero-order chi connectivity index (χ0) is 18.6. The van der Waals surface area contributed by atoms with Crippen molar-refractivity contribution < 1.29 is 31.8 Å². The third-order valence-electron chi connectivity index (χ3n) is 3.12. The number of rotatable bonds is 6. The molecule has 10 heteroatoms. The van der Waals surface area contributed by atoms with Crippen LogP contribution in [0.2, 0.25) is 0 Å². The van der Waals surface area contributed by atoms with E-state index < -0.39 is 29.2 Å². The molecule has 0 aliphatic rings. The van der Waals surface area contributed by atoms with Crippen molar-refractivity contribution in [3.05, 3.63) is 41.2 Å². The first-order chi connectivity index (χ1) is 11.9. The highest BCUT2D eigenvalue weighted by molar-refractivity contribution is 5.88. The average molecular weight is 359 g/mol. The van der Waals surface area contributed by atoms with Gasteiger partial charge in [-0.15, -0.1) is 0 Å². The van der Waals surface area contributed by atoms with E-state index in [1.807, 2.05) is 5.43 Å². The van der Waals surface area contributed by atoms with Crippen molar-refractivity contribution >= 4 is 11.9 Å².